The van der Waals surface area contributed by atoms with E-state index in [1.807, 2.05) is 12.1 Å². The van der Waals surface area contributed by atoms with Crippen LogP contribution < -0.4 is 0 Å². The third-order valence-electron chi connectivity index (χ3n) is 16.9. The van der Waals surface area contributed by atoms with E-state index < -0.39 is 5.41 Å². The van der Waals surface area contributed by atoms with E-state index >= 15 is 4.79 Å². The molecule has 8 heteroatoms. The molecule has 0 bridgehead atoms. The Morgan fingerprint density at radius 1 is 0.961 bits per heavy atom. The summed E-state index contributed by atoms with van der Waals surface area (Å²) >= 11 is 0. The van der Waals surface area contributed by atoms with Crippen LogP contribution in [0.5, 0.6) is 0 Å². The van der Waals surface area contributed by atoms with Gasteiger partial charge in [-0.3, -0.25) is 14.6 Å². The topological polar surface area (TPSA) is 98.4 Å². The number of ether oxygens (including phenoxy) is 1. The fourth-order valence-corrected chi connectivity index (χ4v) is 14.5. The van der Waals surface area contributed by atoms with E-state index in [1.165, 1.54) is 37.7 Å². The van der Waals surface area contributed by atoms with Crippen LogP contribution >= 0.6 is 0 Å². The van der Waals surface area contributed by atoms with Crippen molar-refractivity contribution in [2.45, 2.75) is 131 Å². The van der Waals surface area contributed by atoms with Gasteiger partial charge in [-0.1, -0.05) is 51.9 Å². The molecule has 51 heavy (non-hydrogen) atoms. The highest BCUT2D eigenvalue weighted by atomic mass is 16.5. The van der Waals surface area contributed by atoms with Gasteiger partial charge in [0, 0.05) is 31.4 Å². The van der Waals surface area contributed by atoms with Crippen LogP contribution in [0.3, 0.4) is 0 Å². The van der Waals surface area contributed by atoms with Crippen molar-refractivity contribution >= 4 is 11.9 Å². The number of amides is 1. The fourth-order valence-electron chi connectivity index (χ4n) is 14.5. The number of carbonyl (C=O) groups is 2. The van der Waals surface area contributed by atoms with Gasteiger partial charge in [-0.15, -0.1) is 0 Å². The molecule has 8 rings (SSSR count). The summed E-state index contributed by atoms with van der Waals surface area (Å²) in [7, 11) is 0. The lowest BCUT2D eigenvalue weighted by Gasteiger charge is -2.74. The smallest absolute Gasteiger partial charge is 0.302 e. The first-order valence-electron chi connectivity index (χ1n) is 20.1. The predicted molar refractivity (Wildman–Crippen MR) is 196 cm³/mol. The average molecular weight is 697 g/mol. The third-order valence-corrected chi connectivity index (χ3v) is 16.9. The Morgan fingerprint density at radius 2 is 1.73 bits per heavy atom. The molecule has 2 aromatic heterocycles. The van der Waals surface area contributed by atoms with Gasteiger partial charge in [0.2, 0.25) is 17.6 Å². The molecule has 1 aliphatic heterocycles. The molecule has 10 unspecified atom stereocenters. The first-order valence-corrected chi connectivity index (χ1v) is 20.1. The van der Waals surface area contributed by atoms with E-state index in [-0.39, 0.29) is 34.4 Å². The van der Waals surface area contributed by atoms with Gasteiger partial charge in [-0.05, 0) is 147 Å². The zero-order chi connectivity index (χ0) is 36.1. The number of likely N-dealkylation sites (tertiary alicyclic amines) is 1. The predicted octanol–water partition coefficient (Wildman–Crippen LogP) is 9.24. The van der Waals surface area contributed by atoms with Crippen molar-refractivity contribution in [1.29, 1.82) is 0 Å². The summed E-state index contributed by atoms with van der Waals surface area (Å²) in [6, 6.07) is 3.60. The molecule has 11 atom stereocenters. The molecule has 8 nitrogen and oxygen atoms in total. The Kier molecular flexibility index (Phi) is 8.42. The number of hydrogen-bond acceptors (Lipinski definition) is 7. The lowest BCUT2D eigenvalue weighted by Crippen LogP contribution is -2.73. The molecule has 6 aliphatic rings. The van der Waals surface area contributed by atoms with Gasteiger partial charge in [-0.25, -0.2) is 0 Å². The second kappa shape index (κ2) is 12.3. The molecule has 6 fully saturated rings. The minimum Gasteiger partial charge on any atom is -0.463 e. The number of esters is 1. The van der Waals surface area contributed by atoms with Crippen LogP contribution in [0.1, 0.15) is 131 Å². The Hall–Kier alpha value is -3.03. The van der Waals surface area contributed by atoms with Gasteiger partial charge >= 0.3 is 5.97 Å². The molecule has 0 aromatic carbocycles. The van der Waals surface area contributed by atoms with E-state index in [0.29, 0.717) is 59.0 Å². The van der Waals surface area contributed by atoms with Gasteiger partial charge in [0.15, 0.2) is 0 Å². The zero-order valence-electron chi connectivity index (χ0n) is 32.1. The maximum absolute atomic E-state index is 16.0. The number of rotatable bonds is 5. The van der Waals surface area contributed by atoms with E-state index in [0.717, 1.165) is 50.6 Å². The molecule has 1 amide bonds. The van der Waals surface area contributed by atoms with Gasteiger partial charge in [0.1, 0.15) is 12.1 Å². The maximum atomic E-state index is 16.0. The lowest BCUT2D eigenvalue weighted by molar-refractivity contribution is -0.262. The summed E-state index contributed by atoms with van der Waals surface area (Å²) in [5, 5.41) is 4.34. The largest absolute Gasteiger partial charge is 0.463 e. The number of nitrogens with zero attached hydrogens (tertiary/aromatic N) is 4. The lowest BCUT2D eigenvalue weighted by atomic mass is 9.30. The fraction of sp³-hybridized carbons (Fsp3) is 0.744. The molecule has 1 saturated heterocycles. The maximum Gasteiger partial charge on any atom is 0.302 e. The Morgan fingerprint density at radius 3 is 2.45 bits per heavy atom. The quantitative estimate of drug-likeness (QED) is 0.227. The molecule has 276 valence electrons. The monoisotopic (exact) mass is 696 g/mol. The number of pyridine rings is 1. The number of allylic oxidation sites excluding steroid dienone is 1. The van der Waals surface area contributed by atoms with Crippen LogP contribution in [0.25, 0.3) is 11.4 Å². The van der Waals surface area contributed by atoms with Crippen molar-refractivity contribution in [3.63, 3.8) is 0 Å². The highest BCUT2D eigenvalue weighted by molar-refractivity contribution is 5.86. The van der Waals surface area contributed by atoms with Crippen molar-refractivity contribution in [2.24, 2.45) is 63.1 Å². The summed E-state index contributed by atoms with van der Waals surface area (Å²) in [5.41, 5.74) is 0.970. The van der Waals surface area contributed by atoms with Crippen molar-refractivity contribution in [3.05, 3.63) is 42.6 Å². The normalized spacial score (nSPS) is 40.8. The molecule has 0 N–H and O–H groups in total. The van der Waals surface area contributed by atoms with Crippen LogP contribution in [0, 0.1) is 63.1 Å². The van der Waals surface area contributed by atoms with Gasteiger partial charge in [0.05, 0.1) is 5.41 Å². The second-order valence-corrected chi connectivity index (χ2v) is 18.9. The standard InChI is InChI=1S/C43H60N4O4/c1-25(2)33-19-20-43(39(49)47-22-10-12-35(47)38-45-37(46-51-38)28-11-9-21-44-24-28)41(6,7)40(4,5)36-32-15-13-27-23-29(50-26(3)48)14-16-30(27)31(32)17-18-34(36)42(33,43)8/h9,11,21,24,27,29-36H,1,10,12-20,22-23H2,2-8H3/t27?,29?,30?,31?,32?,33?,34?,35-,36?,42?,43?/m1/s1. The van der Waals surface area contributed by atoms with Crippen molar-refractivity contribution < 1.29 is 18.8 Å². The van der Waals surface area contributed by atoms with Gasteiger partial charge < -0.3 is 14.2 Å². The number of hydrogen-bond donors (Lipinski definition) is 0. The highest BCUT2D eigenvalue weighted by Gasteiger charge is 2.79. The van der Waals surface area contributed by atoms with E-state index in [2.05, 4.69) is 63.2 Å². The second-order valence-electron chi connectivity index (χ2n) is 18.9. The minimum atomic E-state index is -0.546. The van der Waals surface area contributed by atoms with E-state index in [1.54, 1.807) is 19.3 Å². The van der Waals surface area contributed by atoms with E-state index in [9.17, 15) is 4.79 Å². The molecule has 5 aliphatic carbocycles. The van der Waals surface area contributed by atoms with Gasteiger partial charge in [-0.2, -0.15) is 4.98 Å². The number of aromatic nitrogens is 3. The summed E-state index contributed by atoms with van der Waals surface area (Å²) in [4.78, 5) is 39.0. The first kappa shape index (κ1) is 35.0. The minimum absolute atomic E-state index is 0.0604. The number of carbonyl (C=O) groups excluding carboxylic acids is 2. The number of fused-ring (bicyclic) bond motifs is 7. The molecule has 3 heterocycles. The van der Waals surface area contributed by atoms with E-state index in [4.69, 9.17) is 14.2 Å². The van der Waals surface area contributed by atoms with Crippen LogP contribution in [-0.2, 0) is 14.3 Å². The van der Waals surface area contributed by atoms with Crippen molar-refractivity contribution in [2.75, 3.05) is 6.54 Å². The molecule has 0 radical (unpaired) electrons. The highest BCUT2D eigenvalue weighted by Crippen LogP contribution is 2.81. The van der Waals surface area contributed by atoms with Crippen LogP contribution in [0.2, 0.25) is 0 Å². The first-order chi connectivity index (χ1) is 24.2. The van der Waals surface area contributed by atoms with Gasteiger partial charge in [0.25, 0.3) is 0 Å². The Balaban J connectivity index is 1.16. The molecule has 2 aromatic rings. The molecule has 0 spiro atoms. The van der Waals surface area contributed by atoms with Crippen molar-refractivity contribution in [3.8, 4) is 11.4 Å². The van der Waals surface area contributed by atoms with Crippen LogP contribution in [0.4, 0.5) is 0 Å². The van der Waals surface area contributed by atoms with Crippen LogP contribution in [0.15, 0.2) is 41.2 Å². The molecule has 5 saturated carbocycles. The summed E-state index contributed by atoms with van der Waals surface area (Å²) < 4.78 is 11.7. The average Bonchev–Trinajstić information content (AvgIpc) is 3.85. The Labute approximate surface area is 305 Å². The summed E-state index contributed by atoms with van der Waals surface area (Å²) in [5.74, 6) is 5.27. The van der Waals surface area contributed by atoms with Crippen LogP contribution in [-0.4, -0.2) is 44.5 Å². The van der Waals surface area contributed by atoms with Crippen molar-refractivity contribution in [1.82, 2.24) is 20.0 Å². The SMILES string of the molecule is C=C(C)C1CCC2(C(=O)N3CCC[C@@H]3c3nc(-c4cccnc4)no3)C1(C)C1CCC3C4CCC(OC(C)=O)CC4CCC3C1C(C)(C)C2(C)C. The zero-order valence-corrected chi connectivity index (χ0v) is 32.1. The Bertz CT molecular complexity index is 1680. The third kappa shape index (κ3) is 4.85. The summed E-state index contributed by atoms with van der Waals surface area (Å²) in [6.07, 6.45) is 15.4. The summed E-state index contributed by atoms with van der Waals surface area (Å²) in [6.45, 7) is 21.7. The molecular formula is C43H60N4O4. The molecular weight excluding hydrogens is 636 g/mol.